The number of carbonyl (C=O) groups is 2. The van der Waals surface area contributed by atoms with Crippen LogP contribution in [0, 0.1) is 5.82 Å². The van der Waals surface area contributed by atoms with E-state index in [0.29, 0.717) is 41.7 Å². The van der Waals surface area contributed by atoms with Gasteiger partial charge in [0.2, 0.25) is 5.91 Å². The second-order valence-electron chi connectivity index (χ2n) is 4.89. The quantitative estimate of drug-likeness (QED) is 0.743. The van der Waals surface area contributed by atoms with Crippen molar-refractivity contribution in [2.24, 2.45) is 0 Å². The Morgan fingerprint density at radius 1 is 1.43 bits per heavy atom. The van der Waals surface area contributed by atoms with Gasteiger partial charge in [0.15, 0.2) is 5.82 Å². The Labute approximate surface area is 132 Å². The molecule has 0 aliphatic rings. The number of pyridine rings is 1. The Morgan fingerprint density at radius 3 is 2.78 bits per heavy atom. The van der Waals surface area contributed by atoms with Gasteiger partial charge in [-0.1, -0.05) is 6.92 Å². The number of halogens is 1. The summed E-state index contributed by atoms with van der Waals surface area (Å²) in [6, 6.07) is 1.24. The van der Waals surface area contributed by atoms with Gasteiger partial charge < -0.3 is 20.4 Å². The molecule has 7 nitrogen and oxygen atoms in total. The molecule has 0 atom stereocenters. The molecule has 8 heteroatoms. The van der Waals surface area contributed by atoms with Gasteiger partial charge in [0.25, 0.3) is 11.8 Å². The van der Waals surface area contributed by atoms with Gasteiger partial charge in [0, 0.05) is 31.6 Å². The zero-order valence-corrected chi connectivity index (χ0v) is 13.2. The molecule has 124 valence electrons. The molecular formula is C15H19FN4O3. The largest absolute Gasteiger partial charge is 0.479 e. The maximum atomic E-state index is 13.8. The maximum Gasteiger partial charge on any atom is 0.267 e. The molecule has 2 rings (SSSR count). The normalized spacial score (nSPS) is 10.6. The molecule has 0 bridgehead atoms. The van der Waals surface area contributed by atoms with Gasteiger partial charge in [-0.15, -0.1) is 0 Å². The third-order valence-electron chi connectivity index (χ3n) is 3.46. The fraction of sp³-hybridized carbons (Fsp3) is 0.400. The zero-order valence-electron chi connectivity index (χ0n) is 13.2. The summed E-state index contributed by atoms with van der Waals surface area (Å²) in [4.78, 5) is 30.4. The van der Waals surface area contributed by atoms with Crippen LogP contribution in [0.3, 0.4) is 0 Å². The smallest absolute Gasteiger partial charge is 0.267 e. The van der Waals surface area contributed by atoms with Gasteiger partial charge >= 0.3 is 0 Å². The van der Waals surface area contributed by atoms with E-state index in [1.807, 2.05) is 0 Å². The summed E-state index contributed by atoms with van der Waals surface area (Å²) in [6.45, 7) is 2.11. The number of hydrogen-bond donors (Lipinski definition) is 3. The zero-order chi connectivity index (χ0) is 17.0. The van der Waals surface area contributed by atoms with Crippen LogP contribution in [0.2, 0.25) is 0 Å². The lowest BCUT2D eigenvalue weighted by Crippen LogP contribution is -2.26. The number of ether oxygens (including phenoxy) is 1. The van der Waals surface area contributed by atoms with Crippen LogP contribution >= 0.6 is 0 Å². The van der Waals surface area contributed by atoms with Gasteiger partial charge in [0.05, 0.1) is 18.1 Å². The molecule has 2 amide bonds. The van der Waals surface area contributed by atoms with Crippen molar-refractivity contribution in [2.75, 3.05) is 20.7 Å². The minimum atomic E-state index is -0.615. The van der Waals surface area contributed by atoms with Crippen LogP contribution in [0.15, 0.2) is 6.07 Å². The number of amides is 2. The predicted octanol–water partition coefficient (Wildman–Crippen LogP) is 1.14. The van der Waals surface area contributed by atoms with Crippen molar-refractivity contribution >= 4 is 22.8 Å². The number of aromatic amines is 1. The van der Waals surface area contributed by atoms with Gasteiger partial charge in [-0.3, -0.25) is 9.59 Å². The molecule has 0 aliphatic carbocycles. The predicted molar refractivity (Wildman–Crippen MR) is 83.0 cm³/mol. The van der Waals surface area contributed by atoms with E-state index in [1.165, 1.54) is 20.2 Å². The summed E-state index contributed by atoms with van der Waals surface area (Å²) in [6.07, 6.45) is 0.768. The van der Waals surface area contributed by atoms with E-state index in [-0.39, 0.29) is 17.7 Å². The topological polar surface area (TPSA) is 96.1 Å². The first-order valence-electron chi connectivity index (χ1n) is 7.25. The second kappa shape index (κ2) is 7.08. The van der Waals surface area contributed by atoms with E-state index < -0.39 is 5.82 Å². The average Bonchev–Trinajstić information content (AvgIpc) is 2.90. The summed E-state index contributed by atoms with van der Waals surface area (Å²) in [5.74, 6) is -1.17. The highest BCUT2D eigenvalue weighted by Crippen LogP contribution is 2.26. The number of nitrogens with one attached hydrogen (secondary N) is 3. The highest BCUT2D eigenvalue weighted by molar-refractivity contribution is 6.00. The molecule has 2 heterocycles. The lowest BCUT2D eigenvalue weighted by atomic mass is 10.1. The fourth-order valence-corrected chi connectivity index (χ4v) is 2.28. The van der Waals surface area contributed by atoms with Crippen LogP contribution in [-0.4, -0.2) is 42.5 Å². The number of rotatable bonds is 6. The third-order valence-corrected chi connectivity index (χ3v) is 3.46. The molecule has 0 spiro atoms. The molecule has 3 N–H and O–H groups in total. The van der Waals surface area contributed by atoms with Gasteiger partial charge in [-0.25, -0.2) is 9.37 Å². The SMILES string of the molecule is CCC(=O)NCCc1c(C(=O)NC)[nH]c2cc(F)c(OC)nc12. The van der Waals surface area contributed by atoms with E-state index in [0.717, 1.165) is 0 Å². The summed E-state index contributed by atoms with van der Waals surface area (Å²) < 4.78 is 18.7. The number of H-pyrrole nitrogens is 1. The van der Waals surface area contributed by atoms with Gasteiger partial charge in [-0.05, 0) is 6.42 Å². The van der Waals surface area contributed by atoms with Crippen molar-refractivity contribution in [1.29, 1.82) is 0 Å². The fourth-order valence-electron chi connectivity index (χ4n) is 2.28. The van der Waals surface area contributed by atoms with E-state index in [4.69, 9.17) is 4.74 Å². The first-order chi connectivity index (χ1) is 11.0. The van der Waals surface area contributed by atoms with Crippen LogP contribution in [0.1, 0.15) is 29.4 Å². The van der Waals surface area contributed by atoms with E-state index in [1.54, 1.807) is 6.92 Å². The minimum Gasteiger partial charge on any atom is -0.479 e. The van der Waals surface area contributed by atoms with E-state index >= 15 is 0 Å². The van der Waals surface area contributed by atoms with Crippen LogP contribution in [0.4, 0.5) is 4.39 Å². The van der Waals surface area contributed by atoms with Crippen LogP contribution in [0.5, 0.6) is 5.88 Å². The molecule has 0 aromatic carbocycles. The van der Waals surface area contributed by atoms with Crippen molar-refractivity contribution in [3.8, 4) is 5.88 Å². The number of methoxy groups -OCH3 is 1. The third kappa shape index (κ3) is 3.41. The molecule has 0 aliphatic heterocycles. The molecule has 0 saturated heterocycles. The van der Waals surface area contributed by atoms with Gasteiger partial charge in [-0.2, -0.15) is 0 Å². The molecule has 0 saturated carbocycles. The Hall–Kier alpha value is -2.64. The second-order valence-corrected chi connectivity index (χ2v) is 4.89. The van der Waals surface area contributed by atoms with Gasteiger partial charge in [0.1, 0.15) is 5.69 Å². The monoisotopic (exact) mass is 322 g/mol. The van der Waals surface area contributed by atoms with Crippen molar-refractivity contribution in [2.45, 2.75) is 19.8 Å². The molecule has 0 fully saturated rings. The molecule has 0 unspecified atom stereocenters. The number of nitrogens with zero attached hydrogens (tertiary/aromatic N) is 1. The minimum absolute atomic E-state index is 0.0806. The van der Waals surface area contributed by atoms with Crippen LogP contribution in [-0.2, 0) is 11.2 Å². The molecule has 0 radical (unpaired) electrons. The van der Waals surface area contributed by atoms with Crippen molar-refractivity contribution in [3.05, 3.63) is 23.1 Å². The Morgan fingerprint density at radius 2 is 2.17 bits per heavy atom. The standard InChI is InChI=1S/C15H19FN4O3/c1-4-11(21)18-6-5-8-12-10(19-13(8)14(22)17-2)7-9(16)15(20-12)23-3/h7,19H,4-6H2,1-3H3,(H,17,22)(H,18,21). The summed E-state index contributed by atoms with van der Waals surface area (Å²) in [5, 5.41) is 5.27. The molecular weight excluding hydrogens is 303 g/mol. The number of aromatic nitrogens is 2. The van der Waals surface area contributed by atoms with Crippen LogP contribution in [0.25, 0.3) is 11.0 Å². The first-order valence-corrected chi connectivity index (χ1v) is 7.25. The highest BCUT2D eigenvalue weighted by atomic mass is 19.1. The maximum absolute atomic E-state index is 13.8. The number of fused-ring (bicyclic) bond motifs is 1. The van der Waals surface area contributed by atoms with Crippen molar-refractivity contribution in [1.82, 2.24) is 20.6 Å². The number of hydrogen-bond acceptors (Lipinski definition) is 4. The van der Waals surface area contributed by atoms with E-state index in [9.17, 15) is 14.0 Å². The van der Waals surface area contributed by atoms with Crippen LogP contribution < -0.4 is 15.4 Å². The highest BCUT2D eigenvalue weighted by Gasteiger charge is 2.20. The number of carbonyl (C=O) groups excluding carboxylic acids is 2. The average molecular weight is 322 g/mol. The lowest BCUT2D eigenvalue weighted by molar-refractivity contribution is -0.120. The molecule has 23 heavy (non-hydrogen) atoms. The Balaban J connectivity index is 2.44. The molecule has 2 aromatic heterocycles. The summed E-state index contributed by atoms with van der Waals surface area (Å²) >= 11 is 0. The van der Waals surface area contributed by atoms with E-state index in [2.05, 4.69) is 20.6 Å². The first kappa shape index (κ1) is 16.7. The van der Waals surface area contributed by atoms with Crippen molar-refractivity contribution < 1.29 is 18.7 Å². The summed E-state index contributed by atoms with van der Waals surface area (Å²) in [7, 11) is 2.83. The Bertz CT molecular complexity index is 742. The Kier molecular flexibility index (Phi) is 5.15. The molecule has 2 aromatic rings. The van der Waals surface area contributed by atoms with Crippen molar-refractivity contribution in [3.63, 3.8) is 0 Å². The summed E-state index contributed by atoms with van der Waals surface area (Å²) in [5.41, 5.74) is 1.76. The lowest BCUT2D eigenvalue weighted by Gasteiger charge is -2.06.